The fourth-order valence-corrected chi connectivity index (χ4v) is 2.38. The van der Waals surface area contributed by atoms with Crippen LogP contribution < -0.4 is 10.6 Å². The van der Waals surface area contributed by atoms with Gasteiger partial charge < -0.3 is 20.1 Å². The molecule has 0 saturated heterocycles. The lowest BCUT2D eigenvalue weighted by atomic mass is 10.2. The second kappa shape index (κ2) is 8.61. The number of anilines is 1. The number of ether oxygens (including phenoxy) is 2. The molecule has 1 aromatic carbocycles. The van der Waals surface area contributed by atoms with Gasteiger partial charge in [0, 0.05) is 25.6 Å². The van der Waals surface area contributed by atoms with E-state index in [2.05, 4.69) is 15.4 Å². The van der Waals surface area contributed by atoms with Gasteiger partial charge >= 0.3 is 5.97 Å². The van der Waals surface area contributed by atoms with Crippen LogP contribution in [0.2, 0.25) is 0 Å². The predicted octanol–water partition coefficient (Wildman–Crippen LogP) is 0.0512. The largest absolute Gasteiger partial charge is 0.465 e. The molecule has 0 atom stereocenters. The fourth-order valence-electron chi connectivity index (χ4n) is 1.70. The average molecular weight is 344 g/mol. The van der Waals surface area contributed by atoms with E-state index in [4.69, 9.17) is 4.74 Å². The van der Waals surface area contributed by atoms with Crippen LogP contribution >= 0.6 is 0 Å². The zero-order valence-corrected chi connectivity index (χ0v) is 14.0. The van der Waals surface area contributed by atoms with Crippen molar-refractivity contribution < 1.29 is 27.5 Å². The van der Waals surface area contributed by atoms with Crippen molar-refractivity contribution in [3.63, 3.8) is 0 Å². The van der Waals surface area contributed by atoms with Gasteiger partial charge in [-0.2, -0.15) is 0 Å². The third kappa shape index (κ3) is 6.35. The van der Waals surface area contributed by atoms with Gasteiger partial charge in [0.2, 0.25) is 5.91 Å². The zero-order chi connectivity index (χ0) is 17.5. The first kappa shape index (κ1) is 19.1. The Morgan fingerprint density at radius 2 is 1.87 bits per heavy atom. The average Bonchev–Trinajstić information content (AvgIpc) is 2.49. The molecule has 128 valence electrons. The number of sulfone groups is 1. The highest BCUT2D eigenvalue weighted by molar-refractivity contribution is 7.90. The smallest absolute Gasteiger partial charge is 0.337 e. The lowest BCUT2D eigenvalue weighted by Gasteiger charge is -2.10. The predicted molar refractivity (Wildman–Crippen MR) is 84.3 cm³/mol. The third-order valence-electron chi connectivity index (χ3n) is 2.81. The molecule has 0 bridgehead atoms. The van der Waals surface area contributed by atoms with Gasteiger partial charge in [0.15, 0.2) is 9.84 Å². The van der Waals surface area contributed by atoms with Crippen molar-refractivity contribution >= 4 is 27.4 Å². The second-order valence-electron chi connectivity index (χ2n) is 4.73. The van der Waals surface area contributed by atoms with Gasteiger partial charge in [-0.1, -0.05) is 0 Å². The Bertz CT molecular complexity index is 672. The molecule has 2 N–H and O–H groups in total. The quantitative estimate of drug-likeness (QED) is 0.506. The molecule has 1 aromatic rings. The summed E-state index contributed by atoms with van der Waals surface area (Å²) in [6.45, 7) is 0.990. The molecule has 0 fully saturated rings. The molecule has 0 radical (unpaired) electrons. The Morgan fingerprint density at radius 3 is 2.43 bits per heavy atom. The summed E-state index contributed by atoms with van der Waals surface area (Å²) in [7, 11) is -0.805. The molecule has 0 aromatic heterocycles. The number of benzene rings is 1. The number of hydrogen-bond donors (Lipinski definition) is 2. The number of hydrogen-bond acceptors (Lipinski definition) is 7. The molecule has 0 unspecified atom stereocenters. The van der Waals surface area contributed by atoms with Crippen molar-refractivity contribution in [2.75, 3.05) is 45.5 Å². The van der Waals surface area contributed by atoms with Crippen LogP contribution in [0.25, 0.3) is 0 Å². The van der Waals surface area contributed by atoms with E-state index in [1.165, 1.54) is 25.3 Å². The van der Waals surface area contributed by atoms with Crippen molar-refractivity contribution in [2.45, 2.75) is 4.90 Å². The maximum atomic E-state index is 11.8. The molecule has 23 heavy (non-hydrogen) atoms. The Kier molecular flexibility index (Phi) is 7.14. The van der Waals surface area contributed by atoms with Gasteiger partial charge in [-0.25, -0.2) is 13.2 Å². The molecule has 0 aliphatic heterocycles. The highest BCUT2D eigenvalue weighted by Crippen LogP contribution is 2.19. The minimum atomic E-state index is -3.54. The summed E-state index contributed by atoms with van der Waals surface area (Å²) in [6.07, 6.45) is 1.02. The van der Waals surface area contributed by atoms with Crippen LogP contribution in [0, 0.1) is 0 Å². The fraction of sp³-hybridized carbons (Fsp3) is 0.429. The van der Waals surface area contributed by atoms with E-state index in [1.54, 1.807) is 7.11 Å². The van der Waals surface area contributed by atoms with E-state index >= 15 is 0 Å². The number of rotatable bonds is 8. The lowest BCUT2D eigenvalue weighted by Crippen LogP contribution is -2.30. The topological polar surface area (TPSA) is 111 Å². The van der Waals surface area contributed by atoms with E-state index in [-0.39, 0.29) is 28.6 Å². The zero-order valence-electron chi connectivity index (χ0n) is 13.2. The number of carbonyl (C=O) groups is 2. The van der Waals surface area contributed by atoms with Gasteiger partial charge in [-0.05, 0) is 18.2 Å². The van der Waals surface area contributed by atoms with E-state index in [0.717, 1.165) is 6.26 Å². The van der Waals surface area contributed by atoms with E-state index in [1.807, 2.05) is 0 Å². The summed E-state index contributed by atoms with van der Waals surface area (Å²) >= 11 is 0. The molecule has 9 heteroatoms. The van der Waals surface area contributed by atoms with Crippen LogP contribution in [0.1, 0.15) is 10.4 Å². The van der Waals surface area contributed by atoms with Crippen molar-refractivity contribution in [1.82, 2.24) is 5.32 Å². The van der Waals surface area contributed by atoms with Crippen molar-refractivity contribution in [1.29, 1.82) is 0 Å². The van der Waals surface area contributed by atoms with Gasteiger partial charge in [-0.15, -0.1) is 0 Å². The highest BCUT2D eigenvalue weighted by Gasteiger charge is 2.15. The molecule has 0 spiro atoms. The minimum absolute atomic E-state index is 0.0278. The maximum absolute atomic E-state index is 11.8. The van der Waals surface area contributed by atoms with Gasteiger partial charge in [0.05, 0.1) is 30.7 Å². The van der Waals surface area contributed by atoms with Crippen molar-refractivity contribution in [3.05, 3.63) is 23.8 Å². The number of amides is 1. The number of esters is 1. The van der Waals surface area contributed by atoms with Gasteiger partial charge in [0.25, 0.3) is 0 Å². The van der Waals surface area contributed by atoms with Crippen LogP contribution in [-0.4, -0.2) is 60.5 Å². The lowest BCUT2D eigenvalue weighted by molar-refractivity contribution is -0.115. The molecule has 0 saturated carbocycles. The molecule has 1 amide bonds. The summed E-state index contributed by atoms with van der Waals surface area (Å²) < 4.78 is 32.8. The first-order valence-corrected chi connectivity index (χ1v) is 8.60. The van der Waals surface area contributed by atoms with Crippen LogP contribution in [0.5, 0.6) is 0 Å². The Morgan fingerprint density at radius 1 is 1.17 bits per heavy atom. The van der Waals surface area contributed by atoms with Crippen molar-refractivity contribution in [2.24, 2.45) is 0 Å². The Labute approximate surface area is 135 Å². The molecule has 1 rings (SSSR count). The molecule has 0 aliphatic carbocycles. The molecular formula is C14H20N2O6S. The standard InChI is InChI=1S/C14H20N2O6S/c1-21-5-4-15-9-13(17)16-11-6-10(14(18)22-2)7-12(8-11)23(3,19)20/h6-8,15H,4-5,9H2,1-3H3,(H,16,17). The molecular weight excluding hydrogens is 324 g/mol. The number of methoxy groups -OCH3 is 2. The number of carbonyl (C=O) groups excluding carboxylic acids is 2. The second-order valence-corrected chi connectivity index (χ2v) is 6.74. The summed E-state index contributed by atoms with van der Waals surface area (Å²) in [6, 6.07) is 3.84. The first-order valence-electron chi connectivity index (χ1n) is 6.71. The van der Waals surface area contributed by atoms with Gasteiger partial charge in [-0.3, -0.25) is 4.79 Å². The monoisotopic (exact) mass is 344 g/mol. The van der Waals surface area contributed by atoms with E-state index in [0.29, 0.717) is 13.2 Å². The van der Waals surface area contributed by atoms with Crippen LogP contribution in [0.3, 0.4) is 0 Å². The molecule has 0 heterocycles. The van der Waals surface area contributed by atoms with Crippen LogP contribution in [0.15, 0.2) is 23.1 Å². The highest BCUT2D eigenvalue weighted by atomic mass is 32.2. The first-order chi connectivity index (χ1) is 10.8. The summed E-state index contributed by atoms with van der Waals surface area (Å²) in [4.78, 5) is 23.3. The normalized spacial score (nSPS) is 11.1. The van der Waals surface area contributed by atoms with Crippen molar-refractivity contribution in [3.8, 4) is 0 Å². The van der Waals surface area contributed by atoms with E-state index in [9.17, 15) is 18.0 Å². The molecule has 0 aliphatic rings. The van der Waals surface area contributed by atoms with Crippen LogP contribution in [-0.2, 0) is 24.1 Å². The molecule has 8 nitrogen and oxygen atoms in total. The van der Waals surface area contributed by atoms with E-state index < -0.39 is 15.8 Å². The number of nitrogens with one attached hydrogen (secondary N) is 2. The Hall–Kier alpha value is -1.97. The summed E-state index contributed by atoms with van der Waals surface area (Å²) in [5.41, 5.74) is 0.241. The summed E-state index contributed by atoms with van der Waals surface area (Å²) in [5, 5.41) is 5.39. The SMILES string of the molecule is COCCNCC(=O)Nc1cc(C(=O)OC)cc(S(C)(=O)=O)c1. The maximum Gasteiger partial charge on any atom is 0.337 e. The third-order valence-corrected chi connectivity index (χ3v) is 3.90. The Balaban J connectivity index is 2.93. The van der Waals surface area contributed by atoms with Crippen LogP contribution in [0.4, 0.5) is 5.69 Å². The minimum Gasteiger partial charge on any atom is -0.465 e. The van der Waals surface area contributed by atoms with Gasteiger partial charge in [0.1, 0.15) is 0 Å². The summed E-state index contributed by atoms with van der Waals surface area (Å²) in [5.74, 6) is -1.06.